The smallest absolute Gasteiger partial charge is 0.100 e. The first kappa shape index (κ1) is 13.0. The molecule has 0 spiro atoms. The lowest BCUT2D eigenvalue weighted by atomic mass is 10.1. The third-order valence-corrected chi connectivity index (χ3v) is 2.85. The van der Waals surface area contributed by atoms with Crippen molar-refractivity contribution in [3.63, 3.8) is 0 Å². The van der Waals surface area contributed by atoms with E-state index in [-0.39, 0.29) is 12.1 Å². The highest BCUT2D eigenvalue weighted by atomic mass is 79.9. The maximum atomic E-state index is 9.25. The highest BCUT2D eigenvalue weighted by Gasteiger charge is 2.07. The molecule has 16 heavy (non-hydrogen) atoms. The van der Waals surface area contributed by atoms with Gasteiger partial charge in [0.2, 0.25) is 0 Å². The molecule has 0 saturated carbocycles. The number of hydrogen-bond donors (Lipinski definition) is 2. The van der Waals surface area contributed by atoms with Crippen LogP contribution in [0.5, 0.6) is 0 Å². The van der Waals surface area contributed by atoms with Crippen LogP contribution in [0.4, 0.5) is 5.69 Å². The number of hydrogen-bond acceptors (Lipinski definition) is 3. The summed E-state index contributed by atoms with van der Waals surface area (Å²) in [5.74, 6) is 0. The number of halogens is 1. The van der Waals surface area contributed by atoms with Gasteiger partial charge in [-0.25, -0.2) is 0 Å². The molecular formula is C12H15BrN2O. The highest BCUT2D eigenvalue weighted by Crippen LogP contribution is 2.21. The molecule has 1 rings (SSSR count). The average Bonchev–Trinajstić information content (AvgIpc) is 2.16. The van der Waals surface area contributed by atoms with Crippen LogP contribution >= 0.6 is 15.9 Å². The monoisotopic (exact) mass is 282 g/mol. The maximum absolute atomic E-state index is 9.25. The molecule has 2 unspecified atom stereocenters. The number of nitriles is 1. The molecule has 0 fully saturated rings. The second kappa shape index (κ2) is 5.88. The lowest BCUT2D eigenvalue weighted by molar-refractivity contribution is 0.179. The summed E-state index contributed by atoms with van der Waals surface area (Å²) >= 11 is 3.34. The maximum Gasteiger partial charge on any atom is 0.100 e. The molecule has 0 bridgehead atoms. The van der Waals surface area contributed by atoms with Gasteiger partial charge >= 0.3 is 0 Å². The molecule has 0 amide bonds. The van der Waals surface area contributed by atoms with Crippen LogP contribution in [0.25, 0.3) is 0 Å². The highest BCUT2D eigenvalue weighted by molar-refractivity contribution is 9.10. The van der Waals surface area contributed by atoms with E-state index in [4.69, 9.17) is 5.26 Å². The minimum atomic E-state index is -0.315. The minimum Gasteiger partial charge on any atom is -0.393 e. The predicted molar refractivity (Wildman–Crippen MR) is 68.2 cm³/mol. The van der Waals surface area contributed by atoms with Crippen LogP contribution in [-0.2, 0) is 0 Å². The zero-order valence-corrected chi connectivity index (χ0v) is 11.0. The van der Waals surface area contributed by atoms with Gasteiger partial charge in [-0.3, -0.25) is 0 Å². The van der Waals surface area contributed by atoms with Crippen molar-refractivity contribution in [1.82, 2.24) is 0 Å². The largest absolute Gasteiger partial charge is 0.393 e. The molecule has 86 valence electrons. The molecule has 0 saturated heterocycles. The van der Waals surface area contributed by atoms with Crippen LogP contribution in [0.2, 0.25) is 0 Å². The summed E-state index contributed by atoms with van der Waals surface area (Å²) in [6.07, 6.45) is 0.377. The summed E-state index contributed by atoms with van der Waals surface area (Å²) in [6.45, 7) is 3.78. The van der Waals surface area contributed by atoms with Crippen LogP contribution in [-0.4, -0.2) is 17.3 Å². The van der Waals surface area contributed by atoms with Crippen molar-refractivity contribution in [2.24, 2.45) is 0 Å². The zero-order valence-electron chi connectivity index (χ0n) is 9.37. The third-order valence-electron chi connectivity index (χ3n) is 2.20. The van der Waals surface area contributed by atoms with Gasteiger partial charge in [0.1, 0.15) is 6.07 Å². The van der Waals surface area contributed by atoms with Gasteiger partial charge in [0.05, 0.1) is 11.7 Å². The molecule has 0 aliphatic rings. The fourth-order valence-corrected chi connectivity index (χ4v) is 2.02. The van der Waals surface area contributed by atoms with Gasteiger partial charge in [-0.2, -0.15) is 5.26 Å². The van der Waals surface area contributed by atoms with E-state index in [0.29, 0.717) is 12.0 Å². The van der Waals surface area contributed by atoms with E-state index in [2.05, 4.69) is 27.3 Å². The van der Waals surface area contributed by atoms with Crippen molar-refractivity contribution in [3.05, 3.63) is 28.2 Å². The SMILES string of the molecule is CC(O)CC(C)Nc1ccc(C#N)c(Br)c1. The van der Waals surface area contributed by atoms with Gasteiger partial charge in [-0.05, 0) is 54.4 Å². The molecule has 2 atom stereocenters. The average molecular weight is 283 g/mol. The first-order valence-electron chi connectivity index (χ1n) is 5.17. The van der Waals surface area contributed by atoms with E-state index >= 15 is 0 Å². The standard InChI is InChI=1S/C12H15BrN2O/c1-8(5-9(2)16)15-11-4-3-10(7-14)12(13)6-11/h3-4,6,8-9,15-16H,5H2,1-2H3. The van der Waals surface area contributed by atoms with Crippen LogP contribution in [0.15, 0.2) is 22.7 Å². The van der Waals surface area contributed by atoms with Crippen molar-refractivity contribution in [2.75, 3.05) is 5.32 Å². The Morgan fingerprint density at radius 3 is 2.69 bits per heavy atom. The summed E-state index contributed by atoms with van der Waals surface area (Å²) in [4.78, 5) is 0. The number of nitrogens with zero attached hydrogens (tertiary/aromatic N) is 1. The predicted octanol–water partition coefficient (Wildman–Crippen LogP) is 2.89. The second-order valence-corrected chi connectivity index (χ2v) is 4.79. The molecule has 0 aliphatic carbocycles. The van der Waals surface area contributed by atoms with E-state index in [1.54, 1.807) is 13.0 Å². The van der Waals surface area contributed by atoms with Crippen LogP contribution in [0.1, 0.15) is 25.8 Å². The fraction of sp³-hybridized carbons (Fsp3) is 0.417. The lowest BCUT2D eigenvalue weighted by Crippen LogP contribution is -2.20. The quantitative estimate of drug-likeness (QED) is 0.893. The zero-order chi connectivity index (χ0) is 12.1. The molecule has 0 heterocycles. The van der Waals surface area contributed by atoms with Crippen molar-refractivity contribution in [1.29, 1.82) is 5.26 Å². The summed E-state index contributed by atoms with van der Waals surface area (Å²) in [7, 11) is 0. The van der Waals surface area contributed by atoms with E-state index in [1.165, 1.54) is 0 Å². The fourth-order valence-electron chi connectivity index (χ4n) is 1.55. The Bertz CT molecular complexity index is 398. The Labute approximate surface area is 104 Å². The van der Waals surface area contributed by atoms with E-state index in [0.717, 1.165) is 10.2 Å². The van der Waals surface area contributed by atoms with Crippen molar-refractivity contribution in [3.8, 4) is 6.07 Å². The Morgan fingerprint density at radius 1 is 1.50 bits per heavy atom. The Morgan fingerprint density at radius 2 is 2.19 bits per heavy atom. The third kappa shape index (κ3) is 3.84. The van der Waals surface area contributed by atoms with Crippen molar-refractivity contribution in [2.45, 2.75) is 32.4 Å². The normalized spacial score (nSPS) is 13.9. The molecule has 0 aromatic heterocycles. The van der Waals surface area contributed by atoms with Crippen molar-refractivity contribution >= 4 is 21.6 Å². The minimum absolute atomic E-state index is 0.194. The van der Waals surface area contributed by atoms with Gasteiger partial charge in [0, 0.05) is 16.2 Å². The Balaban J connectivity index is 2.69. The number of anilines is 1. The van der Waals surface area contributed by atoms with E-state index in [9.17, 15) is 5.11 Å². The summed E-state index contributed by atoms with van der Waals surface area (Å²) in [5.41, 5.74) is 1.56. The van der Waals surface area contributed by atoms with Gasteiger partial charge in [0.25, 0.3) is 0 Å². The summed E-state index contributed by atoms with van der Waals surface area (Å²) in [6, 6.07) is 7.79. The van der Waals surface area contributed by atoms with Crippen LogP contribution < -0.4 is 5.32 Å². The number of aliphatic hydroxyl groups is 1. The first-order valence-corrected chi connectivity index (χ1v) is 5.96. The molecule has 3 nitrogen and oxygen atoms in total. The summed E-state index contributed by atoms with van der Waals surface area (Å²) in [5, 5.41) is 21.3. The van der Waals surface area contributed by atoms with Crippen molar-refractivity contribution < 1.29 is 5.11 Å². The molecule has 4 heteroatoms. The first-order chi connectivity index (χ1) is 7.52. The topological polar surface area (TPSA) is 56.0 Å². The summed E-state index contributed by atoms with van der Waals surface area (Å²) < 4.78 is 0.782. The number of rotatable bonds is 4. The van der Waals surface area contributed by atoms with E-state index in [1.807, 2.05) is 19.1 Å². The van der Waals surface area contributed by atoms with Gasteiger partial charge in [-0.15, -0.1) is 0 Å². The molecule has 0 radical (unpaired) electrons. The van der Waals surface area contributed by atoms with Crippen LogP contribution in [0.3, 0.4) is 0 Å². The van der Waals surface area contributed by atoms with Crippen LogP contribution in [0, 0.1) is 11.3 Å². The molecule has 1 aromatic rings. The second-order valence-electron chi connectivity index (χ2n) is 3.94. The Kier molecular flexibility index (Phi) is 4.78. The van der Waals surface area contributed by atoms with Gasteiger partial charge in [-0.1, -0.05) is 0 Å². The molecular weight excluding hydrogens is 268 g/mol. The molecule has 2 N–H and O–H groups in total. The van der Waals surface area contributed by atoms with Gasteiger partial charge < -0.3 is 10.4 Å². The van der Waals surface area contributed by atoms with Gasteiger partial charge in [0.15, 0.2) is 0 Å². The van der Waals surface area contributed by atoms with E-state index < -0.39 is 0 Å². The number of aliphatic hydroxyl groups excluding tert-OH is 1. The Hall–Kier alpha value is -1.05. The molecule has 1 aromatic carbocycles. The number of benzene rings is 1. The number of nitrogens with one attached hydrogen (secondary N) is 1. The lowest BCUT2D eigenvalue weighted by Gasteiger charge is -2.17. The molecule has 0 aliphatic heterocycles.